The lowest BCUT2D eigenvalue weighted by molar-refractivity contribution is -0.935. The molecule has 0 aliphatic carbocycles. The third kappa shape index (κ3) is 13.4. The van der Waals surface area contributed by atoms with Crippen molar-refractivity contribution in [3.8, 4) is 0 Å². The zero-order valence-electron chi connectivity index (χ0n) is 21.6. The summed E-state index contributed by atoms with van der Waals surface area (Å²) in [7, 11) is 0. The standard InChI is InChI=1S/C28H53N3O/c1-4-6-7-8-9-10-11-12-13-14-15-16-17-18-19-20-21-22-28-30-24-26-31(28,5-2)25-23-29-27(3)32/h4,24,28H,1,5-23,25-26H2,2-3H3/p+1. The molecule has 2 unspecified atom stereocenters. The number of nitrogens with zero attached hydrogens (tertiary/aromatic N) is 2. The summed E-state index contributed by atoms with van der Waals surface area (Å²) in [6.45, 7) is 11.5. The highest BCUT2D eigenvalue weighted by Crippen LogP contribution is 2.24. The lowest BCUT2D eigenvalue weighted by Crippen LogP contribution is -2.55. The minimum absolute atomic E-state index is 0.0708. The first-order chi connectivity index (χ1) is 15.6. The molecule has 1 aliphatic rings. The molecular weight excluding hydrogens is 394 g/mol. The average Bonchev–Trinajstić information content (AvgIpc) is 3.18. The van der Waals surface area contributed by atoms with Crippen molar-refractivity contribution in [3.63, 3.8) is 0 Å². The van der Waals surface area contributed by atoms with Crippen molar-refractivity contribution in [1.82, 2.24) is 5.32 Å². The number of hydrogen-bond donors (Lipinski definition) is 1. The zero-order valence-corrected chi connectivity index (χ0v) is 21.6. The first-order valence-corrected chi connectivity index (χ1v) is 13.9. The Kier molecular flexibility index (Phi) is 17.4. The number of carbonyl (C=O) groups excluding carboxylic acids is 1. The van der Waals surface area contributed by atoms with Crippen LogP contribution in [-0.2, 0) is 4.79 Å². The minimum Gasteiger partial charge on any atom is -0.351 e. The summed E-state index contributed by atoms with van der Waals surface area (Å²) < 4.78 is 1.02. The van der Waals surface area contributed by atoms with E-state index in [1.165, 1.54) is 109 Å². The van der Waals surface area contributed by atoms with Crippen molar-refractivity contribution in [1.29, 1.82) is 0 Å². The first kappa shape index (κ1) is 28.9. The summed E-state index contributed by atoms with van der Waals surface area (Å²) in [5, 5.41) is 2.97. The Morgan fingerprint density at radius 2 is 1.44 bits per heavy atom. The third-order valence-electron chi connectivity index (χ3n) is 7.29. The molecule has 186 valence electrons. The Bertz CT molecular complexity index is 505. The number of carbonyl (C=O) groups is 1. The van der Waals surface area contributed by atoms with Crippen LogP contribution in [0, 0.1) is 0 Å². The lowest BCUT2D eigenvalue weighted by atomic mass is 10.0. The highest BCUT2D eigenvalue weighted by molar-refractivity contribution is 5.72. The van der Waals surface area contributed by atoms with Crippen molar-refractivity contribution < 1.29 is 9.28 Å². The van der Waals surface area contributed by atoms with Gasteiger partial charge in [-0.15, -0.1) is 6.58 Å². The topological polar surface area (TPSA) is 41.5 Å². The molecule has 1 heterocycles. The van der Waals surface area contributed by atoms with Crippen LogP contribution >= 0.6 is 0 Å². The van der Waals surface area contributed by atoms with Gasteiger partial charge in [0, 0.05) is 13.3 Å². The normalized spacial score (nSPS) is 20.0. The lowest BCUT2D eigenvalue weighted by Gasteiger charge is -2.38. The van der Waals surface area contributed by atoms with E-state index in [9.17, 15) is 4.79 Å². The van der Waals surface area contributed by atoms with Crippen molar-refractivity contribution in [3.05, 3.63) is 12.7 Å². The van der Waals surface area contributed by atoms with Gasteiger partial charge in [-0.2, -0.15) is 0 Å². The van der Waals surface area contributed by atoms with Crippen LogP contribution in [0.25, 0.3) is 0 Å². The van der Waals surface area contributed by atoms with E-state index >= 15 is 0 Å². The van der Waals surface area contributed by atoms with Crippen LogP contribution in [0.5, 0.6) is 0 Å². The summed E-state index contributed by atoms with van der Waals surface area (Å²) in [5.74, 6) is 0.0708. The number of hydrogen-bond acceptors (Lipinski definition) is 2. The van der Waals surface area contributed by atoms with Gasteiger partial charge in [-0.3, -0.25) is 9.28 Å². The Hall–Kier alpha value is -1.16. The molecule has 0 spiro atoms. The minimum atomic E-state index is 0.0708. The third-order valence-corrected chi connectivity index (χ3v) is 7.29. The molecule has 4 nitrogen and oxygen atoms in total. The van der Waals surface area contributed by atoms with Gasteiger partial charge in [-0.1, -0.05) is 89.5 Å². The summed E-state index contributed by atoms with van der Waals surface area (Å²) in [5.41, 5.74) is 0. The Balaban J connectivity index is 1.92. The van der Waals surface area contributed by atoms with Crippen LogP contribution in [0.4, 0.5) is 0 Å². The van der Waals surface area contributed by atoms with E-state index in [0.29, 0.717) is 6.17 Å². The molecule has 1 N–H and O–H groups in total. The predicted octanol–water partition coefficient (Wildman–Crippen LogP) is 7.19. The molecule has 0 aromatic carbocycles. The number of aliphatic imine (C=N–C) groups is 1. The van der Waals surface area contributed by atoms with Gasteiger partial charge in [-0.25, -0.2) is 4.99 Å². The van der Waals surface area contributed by atoms with E-state index in [4.69, 9.17) is 4.99 Å². The number of allylic oxidation sites excluding steroid dienone is 1. The Labute approximate surface area is 199 Å². The van der Waals surface area contributed by atoms with Gasteiger partial charge < -0.3 is 5.32 Å². The zero-order chi connectivity index (χ0) is 23.3. The van der Waals surface area contributed by atoms with E-state index in [1.807, 2.05) is 6.08 Å². The summed E-state index contributed by atoms with van der Waals surface area (Å²) in [6, 6.07) is 0. The Morgan fingerprint density at radius 3 is 1.91 bits per heavy atom. The summed E-state index contributed by atoms with van der Waals surface area (Å²) in [6.07, 6.45) is 27.9. The van der Waals surface area contributed by atoms with Crippen LogP contribution in [0.1, 0.15) is 123 Å². The number of amides is 1. The second-order valence-corrected chi connectivity index (χ2v) is 9.91. The van der Waals surface area contributed by atoms with E-state index in [1.54, 1.807) is 6.92 Å². The molecule has 0 aromatic rings. The molecule has 0 bridgehead atoms. The maximum atomic E-state index is 11.2. The molecule has 1 amide bonds. The number of nitrogens with one attached hydrogen (secondary N) is 1. The highest BCUT2D eigenvalue weighted by Gasteiger charge is 2.37. The summed E-state index contributed by atoms with van der Waals surface area (Å²) in [4.78, 5) is 16.0. The molecule has 0 radical (unpaired) electrons. The van der Waals surface area contributed by atoms with Gasteiger partial charge >= 0.3 is 0 Å². The number of rotatable bonds is 22. The molecule has 0 aromatic heterocycles. The maximum Gasteiger partial charge on any atom is 0.217 e. The van der Waals surface area contributed by atoms with E-state index in [-0.39, 0.29) is 5.91 Å². The monoisotopic (exact) mass is 448 g/mol. The molecule has 1 aliphatic heterocycles. The second kappa shape index (κ2) is 19.3. The fourth-order valence-corrected chi connectivity index (χ4v) is 5.05. The van der Waals surface area contributed by atoms with Crippen LogP contribution < -0.4 is 5.32 Å². The van der Waals surface area contributed by atoms with Gasteiger partial charge in [0.15, 0.2) is 6.17 Å². The fourth-order valence-electron chi connectivity index (χ4n) is 5.05. The van der Waals surface area contributed by atoms with Gasteiger partial charge in [0.25, 0.3) is 0 Å². The molecule has 1 rings (SSSR count). The first-order valence-electron chi connectivity index (χ1n) is 13.9. The number of likely N-dealkylation sites (N-methyl/N-ethyl adjacent to an activating group) is 1. The molecule has 0 fully saturated rings. The van der Waals surface area contributed by atoms with Crippen LogP contribution in [0.15, 0.2) is 17.6 Å². The second-order valence-electron chi connectivity index (χ2n) is 9.91. The van der Waals surface area contributed by atoms with Gasteiger partial charge in [0.2, 0.25) is 5.91 Å². The molecular formula is C28H54N3O+. The fraction of sp³-hybridized carbons (Fsp3) is 0.857. The van der Waals surface area contributed by atoms with Crippen LogP contribution in [0.3, 0.4) is 0 Å². The maximum absolute atomic E-state index is 11.2. The Morgan fingerprint density at radius 1 is 0.938 bits per heavy atom. The molecule has 2 atom stereocenters. The van der Waals surface area contributed by atoms with Crippen LogP contribution in [0.2, 0.25) is 0 Å². The van der Waals surface area contributed by atoms with Gasteiger partial charge in [0.05, 0.1) is 25.8 Å². The molecule has 4 heteroatoms. The average molecular weight is 449 g/mol. The van der Waals surface area contributed by atoms with Crippen molar-refractivity contribution in [2.45, 2.75) is 129 Å². The number of unbranched alkanes of at least 4 members (excludes halogenated alkanes) is 15. The van der Waals surface area contributed by atoms with Crippen molar-refractivity contribution in [2.24, 2.45) is 4.99 Å². The van der Waals surface area contributed by atoms with E-state index < -0.39 is 0 Å². The van der Waals surface area contributed by atoms with Crippen LogP contribution in [-0.4, -0.2) is 48.9 Å². The van der Waals surface area contributed by atoms with E-state index in [0.717, 1.165) is 30.7 Å². The van der Waals surface area contributed by atoms with Gasteiger partial charge in [0.1, 0.15) is 6.54 Å². The summed E-state index contributed by atoms with van der Waals surface area (Å²) >= 11 is 0. The largest absolute Gasteiger partial charge is 0.351 e. The van der Waals surface area contributed by atoms with Gasteiger partial charge in [-0.05, 0) is 26.2 Å². The highest BCUT2D eigenvalue weighted by atomic mass is 16.1. The van der Waals surface area contributed by atoms with Crippen molar-refractivity contribution in [2.75, 3.05) is 26.2 Å². The molecule has 0 saturated heterocycles. The molecule has 32 heavy (non-hydrogen) atoms. The molecule has 0 saturated carbocycles. The smallest absolute Gasteiger partial charge is 0.217 e. The van der Waals surface area contributed by atoms with E-state index in [2.05, 4.69) is 25.0 Å². The predicted molar refractivity (Wildman–Crippen MR) is 140 cm³/mol. The number of quaternary nitrogens is 1. The SMILES string of the molecule is C=CCCCCCCCCCCCCCCCCCC1N=CC[N+]1(CC)CCNC(C)=O. The quantitative estimate of drug-likeness (QED) is 0.106. The van der Waals surface area contributed by atoms with Crippen molar-refractivity contribution >= 4 is 12.1 Å².